The van der Waals surface area contributed by atoms with Crippen LogP contribution in [0, 0.1) is 0 Å². The lowest BCUT2D eigenvalue weighted by molar-refractivity contribution is 0.119. The lowest BCUT2D eigenvalue weighted by atomic mass is 10.1. The van der Waals surface area contributed by atoms with Crippen LogP contribution < -0.4 is 5.73 Å². The average Bonchev–Trinajstić information content (AvgIpc) is 2.43. The van der Waals surface area contributed by atoms with Crippen LogP contribution in [0.2, 0.25) is 0 Å². The number of nitrogens with zero attached hydrogens (tertiary/aromatic N) is 1. The Balaban J connectivity index is 2.32. The molecule has 0 saturated carbocycles. The molecule has 1 fully saturated rings. The molecular formula is C9H20N2O. The van der Waals surface area contributed by atoms with Crippen LogP contribution in [0.1, 0.15) is 26.2 Å². The molecule has 1 rings (SSSR count). The molecule has 0 aliphatic carbocycles. The van der Waals surface area contributed by atoms with Crippen LogP contribution in [-0.4, -0.2) is 41.8 Å². The maximum atomic E-state index is 9.54. The van der Waals surface area contributed by atoms with Gasteiger partial charge in [0.05, 0.1) is 6.10 Å². The number of nitrogens with two attached hydrogens (primary N) is 1. The van der Waals surface area contributed by atoms with Crippen molar-refractivity contribution >= 4 is 0 Å². The van der Waals surface area contributed by atoms with Crippen molar-refractivity contribution in [1.82, 2.24) is 4.90 Å². The summed E-state index contributed by atoms with van der Waals surface area (Å²) in [6.07, 6.45) is 3.13. The molecule has 3 heteroatoms. The van der Waals surface area contributed by atoms with Crippen molar-refractivity contribution in [2.24, 2.45) is 5.73 Å². The molecule has 0 aromatic heterocycles. The maximum absolute atomic E-state index is 9.54. The van der Waals surface area contributed by atoms with Gasteiger partial charge in [0.25, 0.3) is 0 Å². The van der Waals surface area contributed by atoms with Crippen molar-refractivity contribution in [3.8, 4) is 0 Å². The fraction of sp³-hybridized carbons (Fsp3) is 1.00. The van der Waals surface area contributed by atoms with E-state index in [1.807, 2.05) is 0 Å². The average molecular weight is 172 g/mol. The van der Waals surface area contributed by atoms with Crippen LogP contribution in [0.4, 0.5) is 0 Å². The smallest absolute Gasteiger partial charge is 0.0719 e. The van der Waals surface area contributed by atoms with E-state index in [2.05, 4.69) is 11.8 Å². The van der Waals surface area contributed by atoms with Crippen LogP contribution in [0.3, 0.4) is 0 Å². The molecule has 0 radical (unpaired) electrons. The highest BCUT2D eigenvalue weighted by molar-refractivity contribution is 4.87. The van der Waals surface area contributed by atoms with Crippen LogP contribution >= 0.6 is 0 Å². The number of aliphatic hydroxyl groups is 1. The fourth-order valence-electron chi connectivity index (χ4n) is 1.84. The lowest BCUT2D eigenvalue weighted by Crippen LogP contribution is -2.41. The Labute approximate surface area is 74.5 Å². The molecule has 1 aliphatic heterocycles. The first-order valence-corrected chi connectivity index (χ1v) is 4.91. The first-order valence-electron chi connectivity index (χ1n) is 4.91. The highest BCUT2D eigenvalue weighted by atomic mass is 16.3. The van der Waals surface area contributed by atoms with Gasteiger partial charge < -0.3 is 10.8 Å². The van der Waals surface area contributed by atoms with Gasteiger partial charge in [-0.3, -0.25) is 4.90 Å². The SMILES string of the molecule is CCCCN1CCC(O)C1CN. The zero-order valence-corrected chi connectivity index (χ0v) is 7.87. The Kier molecular flexibility index (Phi) is 3.98. The number of hydrogen-bond acceptors (Lipinski definition) is 3. The summed E-state index contributed by atoms with van der Waals surface area (Å²) in [5.41, 5.74) is 5.58. The first kappa shape index (κ1) is 9.96. The molecule has 1 heterocycles. The zero-order chi connectivity index (χ0) is 8.97. The molecule has 3 N–H and O–H groups in total. The van der Waals surface area contributed by atoms with Gasteiger partial charge in [-0.05, 0) is 19.4 Å². The van der Waals surface area contributed by atoms with E-state index < -0.39 is 0 Å². The largest absolute Gasteiger partial charge is 0.391 e. The summed E-state index contributed by atoms with van der Waals surface area (Å²) in [4.78, 5) is 2.31. The first-order chi connectivity index (χ1) is 5.79. The van der Waals surface area contributed by atoms with E-state index in [1.54, 1.807) is 0 Å². The number of unbranched alkanes of at least 4 members (excludes halogenated alkanes) is 1. The Morgan fingerprint density at radius 2 is 2.33 bits per heavy atom. The van der Waals surface area contributed by atoms with E-state index in [4.69, 9.17) is 5.73 Å². The maximum Gasteiger partial charge on any atom is 0.0719 e. The molecule has 12 heavy (non-hydrogen) atoms. The molecule has 1 aliphatic rings. The predicted molar refractivity (Wildman–Crippen MR) is 49.9 cm³/mol. The van der Waals surface area contributed by atoms with Gasteiger partial charge >= 0.3 is 0 Å². The van der Waals surface area contributed by atoms with Gasteiger partial charge in [-0.25, -0.2) is 0 Å². The second kappa shape index (κ2) is 4.80. The fourth-order valence-corrected chi connectivity index (χ4v) is 1.84. The second-order valence-electron chi connectivity index (χ2n) is 3.55. The van der Waals surface area contributed by atoms with E-state index in [9.17, 15) is 5.11 Å². The molecule has 0 bridgehead atoms. The van der Waals surface area contributed by atoms with E-state index in [0.717, 1.165) is 19.5 Å². The number of likely N-dealkylation sites (tertiary alicyclic amines) is 1. The summed E-state index contributed by atoms with van der Waals surface area (Å²) < 4.78 is 0. The third-order valence-electron chi connectivity index (χ3n) is 2.67. The zero-order valence-electron chi connectivity index (χ0n) is 7.87. The standard InChI is InChI=1S/C9H20N2O/c1-2-3-5-11-6-4-9(12)8(11)7-10/h8-9,12H,2-7,10H2,1H3. The third-order valence-corrected chi connectivity index (χ3v) is 2.67. The lowest BCUT2D eigenvalue weighted by Gasteiger charge is -2.24. The monoisotopic (exact) mass is 172 g/mol. The molecular weight excluding hydrogens is 152 g/mol. The van der Waals surface area contributed by atoms with Gasteiger partial charge in [-0.15, -0.1) is 0 Å². The Morgan fingerprint density at radius 3 is 2.92 bits per heavy atom. The molecule has 0 amide bonds. The van der Waals surface area contributed by atoms with Crippen molar-refractivity contribution in [2.45, 2.75) is 38.3 Å². The van der Waals surface area contributed by atoms with Gasteiger partial charge in [-0.2, -0.15) is 0 Å². The minimum Gasteiger partial charge on any atom is -0.391 e. The van der Waals surface area contributed by atoms with E-state index in [-0.39, 0.29) is 12.1 Å². The molecule has 1 saturated heterocycles. The highest BCUT2D eigenvalue weighted by Crippen LogP contribution is 2.17. The summed E-state index contributed by atoms with van der Waals surface area (Å²) in [6, 6.07) is 0.219. The van der Waals surface area contributed by atoms with Crippen molar-refractivity contribution in [3.63, 3.8) is 0 Å². The highest BCUT2D eigenvalue weighted by Gasteiger charge is 2.30. The predicted octanol–water partition coefficient (Wildman–Crippen LogP) is 0.180. The third kappa shape index (κ3) is 2.19. The van der Waals surface area contributed by atoms with Crippen molar-refractivity contribution < 1.29 is 5.11 Å². The summed E-state index contributed by atoms with van der Waals surface area (Å²) >= 11 is 0. The molecule has 0 aromatic carbocycles. The molecule has 0 spiro atoms. The van der Waals surface area contributed by atoms with Gasteiger partial charge in [0.1, 0.15) is 0 Å². The number of hydrogen-bond donors (Lipinski definition) is 2. The van der Waals surface area contributed by atoms with Crippen LogP contribution in [0.25, 0.3) is 0 Å². The molecule has 0 aromatic rings. The van der Waals surface area contributed by atoms with Crippen molar-refractivity contribution in [2.75, 3.05) is 19.6 Å². The number of rotatable bonds is 4. The van der Waals surface area contributed by atoms with Crippen LogP contribution in [0.15, 0.2) is 0 Å². The van der Waals surface area contributed by atoms with E-state index in [1.165, 1.54) is 12.8 Å². The summed E-state index contributed by atoms with van der Waals surface area (Å²) in [5.74, 6) is 0. The summed E-state index contributed by atoms with van der Waals surface area (Å²) in [5, 5.41) is 9.54. The number of aliphatic hydroxyl groups excluding tert-OH is 1. The van der Waals surface area contributed by atoms with Gasteiger partial charge in [-0.1, -0.05) is 13.3 Å². The Bertz CT molecular complexity index is 130. The van der Waals surface area contributed by atoms with E-state index >= 15 is 0 Å². The topological polar surface area (TPSA) is 49.5 Å². The minimum absolute atomic E-state index is 0.188. The normalized spacial score (nSPS) is 31.2. The minimum atomic E-state index is -0.188. The molecule has 72 valence electrons. The summed E-state index contributed by atoms with van der Waals surface area (Å²) in [7, 11) is 0. The van der Waals surface area contributed by atoms with Crippen molar-refractivity contribution in [3.05, 3.63) is 0 Å². The van der Waals surface area contributed by atoms with Gasteiger partial charge in [0.15, 0.2) is 0 Å². The molecule has 3 nitrogen and oxygen atoms in total. The quantitative estimate of drug-likeness (QED) is 0.636. The van der Waals surface area contributed by atoms with Crippen LogP contribution in [0.5, 0.6) is 0 Å². The van der Waals surface area contributed by atoms with Gasteiger partial charge in [0, 0.05) is 19.1 Å². The Morgan fingerprint density at radius 1 is 1.58 bits per heavy atom. The second-order valence-corrected chi connectivity index (χ2v) is 3.55. The van der Waals surface area contributed by atoms with Gasteiger partial charge in [0.2, 0.25) is 0 Å². The molecule has 2 atom stereocenters. The molecule has 2 unspecified atom stereocenters. The van der Waals surface area contributed by atoms with Crippen molar-refractivity contribution in [1.29, 1.82) is 0 Å². The van der Waals surface area contributed by atoms with Crippen LogP contribution in [-0.2, 0) is 0 Å². The Hall–Kier alpha value is -0.120. The van der Waals surface area contributed by atoms with E-state index in [0.29, 0.717) is 6.54 Å². The summed E-state index contributed by atoms with van der Waals surface area (Å²) in [6.45, 7) is 4.88.